The lowest BCUT2D eigenvalue weighted by molar-refractivity contribution is 0.00190. The van der Waals surface area contributed by atoms with E-state index in [1.807, 2.05) is 0 Å². The Morgan fingerprint density at radius 2 is 2.04 bits per heavy atom. The summed E-state index contributed by atoms with van der Waals surface area (Å²) >= 11 is 0. The minimum Gasteiger partial charge on any atom is -0.379 e. The highest BCUT2D eigenvalue weighted by Gasteiger charge is 2.27. The van der Waals surface area contributed by atoms with Crippen LogP contribution >= 0.6 is 0 Å². The van der Waals surface area contributed by atoms with Crippen molar-refractivity contribution in [2.45, 2.75) is 32.7 Å². The molecule has 1 fully saturated rings. The number of carbonyl (C=O) groups excluding carboxylic acids is 1. The average Bonchev–Trinajstić information content (AvgIpc) is 2.59. The van der Waals surface area contributed by atoms with Gasteiger partial charge < -0.3 is 10.1 Å². The zero-order valence-corrected chi connectivity index (χ0v) is 13.9. The second-order valence-corrected chi connectivity index (χ2v) is 5.81. The lowest BCUT2D eigenvalue weighted by atomic mass is 9.92. The van der Waals surface area contributed by atoms with Crippen molar-refractivity contribution in [1.82, 2.24) is 20.4 Å². The second-order valence-electron chi connectivity index (χ2n) is 5.81. The molecule has 128 valence electrons. The highest BCUT2D eigenvalue weighted by atomic mass is 16.5. The third-order valence-corrected chi connectivity index (χ3v) is 4.49. The van der Waals surface area contributed by atoms with Gasteiger partial charge >= 0.3 is 0 Å². The fourth-order valence-electron chi connectivity index (χ4n) is 3.09. The molecule has 1 aliphatic rings. The van der Waals surface area contributed by atoms with Gasteiger partial charge in [-0.15, -0.1) is 0 Å². The van der Waals surface area contributed by atoms with Gasteiger partial charge in [0.2, 0.25) is 0 Å². The van der Waals surface area contributed by atoms with Crippen molar-refractivity contribution in [3.8, 4) is 0 Å². The second kappa shape index (κ2) is 8.79. The Morgan fingerprint density at radius 1 is 1.35 bits per heavy atom. The number of aromatic nitrogens is 2. The van der Waals surface area contributed by atoms with Crippen molar-refractivity contribution < 1.29 is 9.53 Å². The SMILES string of the molecule is CCC(CC)[C@@H](CNC(=O)c1ccc(=O)[nH]n1)N1CCOCC1. The molecule has 0 radical (unpaired) electrons. The van der Waals surface area contributed by atoms with Crippen molar-refractivity contribution in [3.63, 3.8) is 0 Å². The van der Waals surface area contributed by atoms with Gasteiger partial charge in [0.05, 0.1) is 13.2 Å². The molecule has 7 nitrogen and oxygen atoms in total. The number of carbonyl (C=O) groups is 1. The first-order chi connectivity index (χ1) is 11.2. The van der Waals surface area contributed by atoms with Crippen molar-refractivity contribution in [2.75, 3.05) is 32.8 Å². The van der Waals surface area contributed by atoms with Gasteiger partial charge in [0, 0.05) is 31.7 Å². The first kappa shape index (κ1) is 17.6. The fourth-order valence-corrected chi connectivity index (χ4v) is 3.09. The number of hydrogen-bond donors (Lipinski definition) is 2. The van der Waals surface area contributed by atoms with E-state index in [4.69, 9.17) is 4.74 Å². The number of amides is 1. The zero-order chi connectivity index (χ0) is 16.7. The number of hydrogen-bond acceptors (Lipinski definition) is 5. The van der Waals surface area contributed by atoms with E-state index < -0.39 is 0 Å². The molecule has 0 saturated carbocycles. The molecule has 1 aromatic rings. The monoisotopic (exact) mass is 322 g/mol. The Balaban J connectivity index is 2.00. The van der Waals surface area contributed by atoms with Gasteiger partial charge in [-0.2, -0.15) is 5.10 Å². The summed E-state index contributed by atoms with van der Waals surface area (Å²) in [6, 6.07) is 3.04. The van der Waals surface area contributed by atoms with Crippen LogP contribution in [0, 0.1) is 5.92 Å². The molecule has 1 aromatic heterocycles. The van der Waals surface area contributed by atoms with Crippen molar-refractivity contribution in [2.24, 2.45) is 5.92 Å². The third kappa shape index (κ3) is 4.87. The molecule has 0 aromatic carbocycles. The van der Waals surface area contributed by atoms with E-state index >= 15 is 0 Å². The number of ether oxygens (including phenoxy) is 1. The molecule has 2 N–H and O–H groups in total. The van der Waals surface area contributed by atoms with Crippen molar-refractivity contribution in [1.29, 1.82) is 0 Å². The molecule has 23 heavy (non-hydrogen) atoms. The number of rotatable bonds is 7. The summed E-state index contributed by atoms with van der Waals surface area (Å²) in [5.41, 5.74) is -0.0837. The molecule has 0 spiro atoms. The van der Waals surface area contributed by atoms with E-state index in [-0.39, 0.29) is 17.2 Å². The minimum absolute atomic E-state index is 0.231. The number of morpholine rings is 1. The lowest BCUT2D eigenvalue weighted by Gasteiger charge is -2.38. The van der Waals surface area contributed by atoms with Crippen LogP contribution in [0.15, 0.2) is 16.9 Å². The molecular formula is C16H26N4O3. The first-order valence-electron chi connectivity index (χ1n) is 8.31. The molecule has 7 heteroatoms. The topological polar surface area (TPSA) is 87.3 Å². The number of nitrogens with zero attached hydrogens (tertiary/aromatic N) is 2. The quantitative estimate of drug-likeness (QED) is 0.769. The maximum atomic E-state index is 12.2. The smallest absolute Gasteiger partial charge is 0.271 e. The standard InChI is InChI=1S/C16H26N4O3/c1-3-12(4-2)14(20-7-9-23-10-8-20)11-17-16(22)13-5-6-15(21)19-18-13/h5-6,12,14H,3-4,7-11H2,1-2H3,(H,17,22)(H,19,21)/t14-/m1/s1. The summed E-state index contributed by atoms with van der Waals surface area (Å²) in [5, 5.41) is 9.01. The van der Waals surface area contributed by atoms with E-state index in [2.05, 4.69) is 34.3 Å². The molecule has 1 saturated heterocycles. The Kier molecular flexibility index (Phi) is 6.73. The van der Waals surface area contributed by atoms with Crippen LogP contribution in [-0.2, 0) is 4.74 Å². The van der Waals surface area contributed by atoms with E-state index in [1.165, 1.54) is 12.1 Å². The van der Waals surface area contributed by atoms with Gasteiger partial charge in [-0.05, 0) is 12.0 Å². The summed E-state index contributed by atoms with van der Waals surface area (Å²) in [7, 11) is 0. The summed E-state index contributed by atoms with van der Waals surface area (Å²) in [6.45, 7) is 8.23. The summed E-state index contributed by atoms with van der Waals surface area (Å²) < 4.78 is 5.43. The van der Waals surface area contributed by atoms with E-state index in [9.17, 15) is 9.59 Å². The largest absolute Gasteiger partial charge is 0.379 e. The fraction of sp³-hybridized carbons (Fsp3) is 0.688. The average molecular weight is 322 g/mol. The predicted octanol–water partition coefficient (Wildman–Crippen LogP) is 0.637. The van der Waals surface area contributed by atoms with Crippen LogP contribution in [0.2, 0.25) is 0 Å². The highest BCUT2D eigenvalue weighted by molar-refractivity contribution is 5.91. The van der Waals surface area contributed by atoms with Crippen LogP contribution in [0.1, 0.15) is 37.2 Å². The van der Waals surface area contributed by atoms with E-state index in [0.717, 1.165) is 39.1 Å². The number of H-pyrrole nitrogens is 1. The zero-order valence-electron chi connectivity index (χ0n) is 13.9. The molecule has 0 aliphatic carbocycles. The molecule has 2 rings (SSSR count). The Hall–Kier alpha value is -1.73. The first-order valence-corrected chi connectivity index (χ1v) is 8.31. The maximum Gasteiger partial charge on any atom is 0.271 e. The predicted molar refractivity (Wildman–Crippen MR) is 87.4 cm³/mol. The van der Waals surface area contributed by atoms with Crippen LogP contribution in [0.3, 0.4) is 0 Å². The Morgan fingerprint density at radius 3 is 2.61 bits per heavy atom. The molecule has 1 atom stereocenters. The number of aromatic amines is 1. The van der Waals surface area contributed by atoms with E-state index in [1.54, 1.807) is 0 Å². The molecule has 0 unspecified atom stereocenters. The maximum absolute atomic E-state index is 12.2. The van der Waals surface area contributed by atoms with Gasteiger partial charge in [0.1, 0.15) is 5.69 Å². The summed E-state index contributed by atoms with van der Waals surface area (Å²) in [6.07, 6.45) is 2.15. The Bertz CT molecular complexity index is 530. The van der Waals surface area contributed by atoms with Crippen molar-refractivity contribution >= 4 is 5.91 Å². The van der Waals surface area contributed by atoms with Gasteiger partial charge in [0.25, 0.3) is 11.5 Å². The molecule has 1 aliphatic heterocycles. The molecule has 1 amide bonds. The van der Waals surface area contributed by atoms with Gasteiger partial charge in [-0.25, -0.2) is 5.10 Å². The molecular weight excluding hydrogens is 296 g/mol. The third-order valence-electron chi connectivity index (χ3n) is 4.49. The van der Waals surface area contributed by atoms with Crippen molar-refractivity contribution in [3.05, 3.63) is 28.2 Å². The summed E-state index contributed by atoms with van der Waals surface area (Å²) in [5.74, 6) is 0.266. The normalized spacial score (nSPS) is 17.2. The van der Waals surface area contributed by atoms with E-state index in [0.29, 0.717) is 18.5 Å². The molecule has 0 bridgehead atoms. The van der Waals surface area contributed by atoms with Gasteiger partial charge in [-0.1, -0.05) is 26.7 Å². The van der Waals surface area contributed by atoms with Crippen LogP contribution in [0.5, 0.6) is 0 Å². The lowest BCUT2D eigenvalue weighted by Crippen LogP contribution is -2.52. The molecule has 2 heterocycles. The van der Waals surface area contributed by atoms with Gasteiger partial charge in [-0.3, -0.25) is 14.5 Å². The Labute approximate surface area is 136 Å². The van der Waals surface area contributed by atoms with Gasteiger partial charge in [0.15, 0.2) is 0 Å². The number of nitrogens with one attached hydrogen (secondary N) is 2. The summed E-state index contributed by atoms with van der Waals surface area (Å²) in [4.78, 5) is 25.6. The van der Waals surface area contributed by atoms with Crippen LogP contribution in [-0.4, -0.2) is 59.9 Å². The van der Waals surface area contributed by atoms with Crippen LogP contribution in [0.4, 0.5) is 0 Å². The minimum atomic E-state index is -0.315. The van der Waals surface area contributed by atoms with Crippen LogP contribution in [0.25, 0.3) is 0 Å². The van der Waals surface area contributed by atoms with Crippen LogP contribution < -0.4 is 10.9 Å². The highest BCUT2D eigenvalue weighted by Crippen LogP contribution is 2.19.